The highest BCUT2D eigenvalue weighted by molar-refractivity contribution is 4.71. The lowest BCUT2D eigenvalue weighted by Gasteiger charge is -2.29. The highest BCUT2D eigenvalue weighted by Gasteiger charge is 2.18. The Labute approximate surface area is 75.7 Å². The molecule has 0 aromatic carbocycles. The lowest BCUT2D eigenvalue weighted by atomic mass is 10.0. The Morgan fingerprint density at radius 3 is 2.75 bits per heavy atom. The molecule has 2 unspecified atom stereocenters. The maximum atomic E-state index is 5.77. The van der Waals surface area contributed by atoms with Crippen LogP contribution in [0.1, 0.15) is 33.6 Å². The first-order valence-corrected chi connectivity index (χ1v) is 5.04. The number of morpholine rings is 1. The van der Waals surface area contributed by atoms with Crippen LogP contribution in [-0.2, 0) is 4.74 Å². The number of rotatable bonds is 3. The molecule has 2 atom stereocenters. The van der Waals surface area contributed by atoms with Crippen LogP contribution in [0.2, 0.25) is 0 Å². The maximum absolute atomic E-state index is 5.77. The Hall–Kier alpha value is -0.0800. The summed E-state index contributed by atoms with van der Waals surface area (Å²) >= 11 is 0. The second kappa shape index (κ2) is 4.83. The van der Waals surface area contributed by atoms with Gasteiger partial charge in [0.2, 0.25) is 0 Å². The van der Waals surface area contributed by atoms with Gasteiger partial charge in [-0.1, -0.05) is 13.8 Å². The van der Waals surface area contributed by atoms with Crippen molar-refractivity contribution in [1.29, 1.82) is 0 Å². The minimum Gasteiger partial charge on any atom is -0.373 e. The van der Waals surface area contributed by atoms with Gasteiger partial charge in [-0.3, -0.25) is 0 Å². The molecular formula is C10H21NO. The second-order valence-corrected chi connectivity index (χ2v) is 4.20. The summed E-state index contributed by atoms with van der Waals surface area (Å²) in [4.78, 5) is 0. The Kier molecular flexibility index (Phi) is 4.02. The molecule has 72 valence electrons. The third kappa shape index (κ3) is 3.55. The molecular weight excluding hydrogens is 150 g/mol. The number of ether oxygens (including phenoxy) is 1. The summed E-state index contributed by atoms with van der Waals surface area (Å²) in [5, 5.41) is 3.38. The van der Waals surface area contributed by atoms with E-state index in [1.165, 1.54) is 12.8 Å². The molecule has 0 radical (unpaired) electrons. The molecule has 2 nitrogen and oxygen atoms in total. The number of hydrogen-bond acceptors (Lipinski definition) is 2. The van der Waals surface area contributed by atoms with Crippen LogP contribution in [-0.4, -0.2) is 25.3 Å². The lowest BCUT2D eigenvalue weighted by Crippen LogP contribution is -2.43. The molecule has 0 aromatic rings. The zero-order valence-corrected chi connectivity index (χ0v) is 8.47. The van der Waals surface area contributed by atoms with Crippen LogP contribution in [0.25, 0.3) is 0 Å². The van der Waals surface area contributed by atoms with E-state index >= 15 is 0 Å². The molecule has 12 heavy (non-hydrogen) atoms. The fraction of sp³-hybridized carbons (Fsp3) is 1.00. The monoisotopic (exact) mass is 171 g/mol. The van der Waals surface area contributed by atoms with E-state index in [2.05, 4.69) is 26.1 Å². The van der Waals surface area contributed by atoms with Gasteiger partial charge in [-0.15, -0.1) is 0 Å². The predicted molar refractivity (Wildman–Crippen MR) is 51.3 cm³/mol. The Morgan fingerprint density at radius 2 is 2.17 bits per heavy atom. The van der Waals surface area contributed by atoms with E-state index in [1.807, 2.05) is 0 Å². The highest BCUT2D eigenvalue weighted by Crippen LogP contribution is 2.12. The van der Waals surface area contributed by atoms with Gasteiger partial charge in [0.25, 0.3) is 0 Å². The first-order chi connectivity index (χ1) is 5.68. The first-order valence-electron chi connectivity index (χ1n) is 5.04. The normalized spacial score (nSPS) is 31.0. The van der Waals surface area contributed by atoms with Crippen molar-refractivity contribution in [3.63, 3.8) is 0 Å². The van der Waals surface area contributed by atoms with E-state index in [0.717, 1.165) is 19.0 Å². The molecule has 0 saturated carbocycles. The number of nitrogens with one attached hydrogen (secondary N) is 1. The molecule has 1 N–H and O–H groups in total. The van der Waals surface area contributed by atoms with Crippen LogP contribution in [0.15, 0.2) is 0 Å². The van der Waals surface area contributed by atoms with Crippen molar-refractivity contribution in [3.8, 4) is 0 Å². The number of hydrogen-bond donors (Lipinski definition) is 1. The van der Waals surface area contributed by atoms with E-state index in [-0.39, 0.29) is 0 Å². The minimum absolute atomic E-state index is 0.399. The quantitative estimate of drug-likeness (QED) is 0.699. The Balaban J connectivity index is 2.14. The Bertz CT molecular complexity index is 125. The summed E-state index contributed by atoms with van der Waals surface area (Å²) in [7, 11) is 0. The molecule has 2 heteroatoms. The van der Waals surface area contributed by atoms with Crippen molar-refractivity contribution in [1.82, 2.24) is 5.32 Å². The van der Waals surface area contributed by atoms with E-state index in [0.29, 0.717) is 12.2 Å². The predicted octanol–water partition coefficient (Wildman–Crippen LogP) is 1.80. The maximum Gasteiger partial charge on any atom is 0.0703 e. The molecule has 1 rings (SSSR count). The fourth-order valence-electron chi connectivity index (χ4n) is 1.56. The van der Waals surface area contributed by atoms with Crippen molar-refractivity contribution in [3.05, 3.63) is 0 Å². The van der Waals surface area contributed by atoms with Gasteiger partial charge in [-0.25, -0.2) is 0 Å². The average molecular weight is 171 g/mol. The van der Waals surface area contributed by atoms with Crippen molar-refractivity contribution in [2.24, 2.45) is 5.92 Å². The van der Waals surface area contributed by atoms with E-state index < -0.39 is 0 Å². The average Bonchev–Trinajstić information content (AvgIpc) is 2.01. The van der Waals surface area contributed by atoms with Crippen molar-refractivity contribution in [2.75, 3.05) is 13.1 Å². The van der Waals surface area contributed by atoms with Gasteiger partial charge in [0, 0.05) is 13.1 Å². The minimum atomic E-state index is 0.399. The summed E-state index contributed by atoms with van der Waals surface area (Å²) in [5.41, 5.74) is 0. The topological polar surface area (TPSA) is 21.3 Å². The summed E-state index contributed by atoms with van der Waals surface area (Å²) < 4.78 is 5.77. The van der Waals surface area contributed by atoms with E-state index in [1.54, 1.807) is 0 Å². The molecule has 0 spiro atoms. The Morgan fingerprint density at radius 1 is 1.42 bits per heavy atom. The van der Waals surface area contributed by atoms with Gasteiger partial charge in [0.05, 0.1) is 12.2 Å². The molecule has 0 aliphatic carbocycles. The van der Waals surface area contributed by atoms with Gasteiger partial charge in [0.15, 0.2) is 0 Å². The van der Waals surface area contributed by atoms with Gasteiger partial charge in [-0.05, 0) is 25.7 Å². The summed E-state index contributed by atoms with van der Waals surface area (Å²) in [6, 6.07) is 0. The van der Waals surface area contributed by atoms with Crippen molar-refractivity contribution in [2.45, 2.75) is 45.8 Å². The summed E-state index contributed by atoms with van der Waals surface area (Å²) in [6.45, 7) is 8.71. The van der Waals surface area contributed by atoms with Crippen molar-refractivity contribution >= 4 is 0 Å². The van der Waals surface area contributed by atoms with Gasteiger partial charge < -0.3 is 10.1 Å². The molecule has 1 fully saturated rings. The molecule has 0 bridgehead atoms. The molecule has 0 aromatic heterocycles. The lowest BCUT2D eigenvalue weighted by molar-refractivity contribution is -0.0328. The summed E-state index contributed by atoms with van der Waals surface area (Å²) in [6.07, 6.45) is 3.33. The molecule has 1 aliphatic heterocycles. The largest absolute Gasteiger partial charge is 0.373 e. The van der Waals surface area contributed by atoms with Gasteiger partial charge in [-0.2, -0.15) is 0 Å². The van der Waals surface area contributed by atoms with Gasteiger partial charge in [0.1, 0.15) is 0 Å². The van der Waals surface area contributed by atoms with Crippen LogP contribution in [0.5, 0.6) is 0 Å². The molecule has 1 saturated heterocycles. The van der Waals surface area contributed by atoms with Crippen LogP contribution in [0.3, 0.4) is 0 Å². The SMILES string of the molecule is CC(C)CCC1CNCC(C)O1. The highest BCUT2D eigenvalue weighted by atomic mass is 16.5. The van der Waals surface area contributed by atoms with Crippen LogP contribution in [0.4, 0.5) is 0 Å². The van der Waals surface area contributed by atoms with E-state index in [4.69, 9.17) is 4.74 Å². The van der Waals surface area contributed by atoms with Crippen LogP contribution >= 0.6 is 0 Å². The van der Waals surface area contributed by atoms with Crippen molar-refractivity contribution < 1.29 is 4.74 Å². The third-order valence-corrected chi connectivity index (χ3v) is 2.29. The smallest absolute Gasteiger partial charge is 0.0703 e. The zero-order valence-electron chi connectivity index (χ0n) is 8.47. The third-order valence-electron chi connectivity index (χ3n) is 2.29. The van der Waals surface area contributed by atoms with Crippen LogP contribution < -0.4 is 5.32 Å². The zero-order chi connectivity index (χ0) is 8.97. The summed E-state index contributed by atoms with van der Waals surface area (Å²) in [5.74, 6) is 0.797. The molecule has 0 amide bonds. The van der Waals surface area contributed by atoms with E-state index in [9.17, 15) is 0 Å². The standard InChI is InChI=1S/C10H21NO/c1-8(2)4-5-10-7-11-6-9(3)12-10/h8-11H,4-7H2,1-3H3. The first kappa shape index (κ1) is 10.0. The second-order valence-electron chi connectivity index (χ2n) is 4.20. The molecule has 1 aliphatic rings. The van der Waals surface area contributed by atoms with Crippen LogP contribution in [0, 0.1) is 5.92 Å². The fourth-order valence-corrected chi connectivity index (χ4v) is 1.56. The molecule has 1 heterocycles. The van der Waals surface area contributed by atoms with Gasteiger partial charge >= 0.3 is 0 Å².